The van der Waals surface area contributed by atoms with Crippen molar-refractivity contribution >= 4 is 29.6 Å². The molecule has 0 aliphatic carbocycles. The summed E-state index contributed by atoms with van der Waals surface area (Å²) in [4.78, 5) is 60.8. The third-order valence-electron chi connectivity index (χ3n) is 5.20. The molecule has 10 heteroatoms. The molecule has 4 amide bonds. The van der Waals surface area contributed by atoms with Crippen LogP contribution in [-0.2, 0) is 36.8 Å². The molecule has 35 heavy (non-hydrogen) atoms. The molecule has 0 fully saturated rings. The number of rotatable bonds is 13. The third kappa shape index (κ3) is 9.66. The minimum atomic E-state index is -1.26. The number of benzene rings is 2. The van der Waals surface area contributed by atoms with Gasteiger partial charge in [-0.2, -0.15) is 0 Å². The zero-order valence-corrected chi connectivity index (χ0v) is 19.4. The SMILES string of the molecule is CC(=O)N[C@@H](Cc1ccccc1)C(=O)N[C@@H](CCC(=O)O)C(=O)N[C@@H](Cc1ccccc1)C(N)=O. The summed E-state index contributed by atoms with van der Waals surface area (Å²) in [6, 6.07) is 14.6. The van der Waals surface area contributed by atoms with Gasteiger partial charge in [-0.05, 0) is 17.5 Å². The molecule has 0 bridgehead atoms. The highest BCUT2D eigenvalue weighted by molar-refractivity contribution is 5.94. The number of primary amides is 1. The molecule has 0 aliphatic rings. The van der Waals surface area contributed by atoms with Crippen molar-refractivity contribution in [3.63, 3.8) is 0 Å². The molecule has 3 atom stereocenters. The van der Waals surface area contributed by atoms with E-state index in [1.54, 1.807) is 54.6 Å². The van der Waals surface area contributed by atoms with Crippen LogP contribution >= 0.6 is 0 Å². The summed E-state index contributed by atoms with van der Waals surface area (Å²) in [6.07, 6.45) is -0.328. The van der Waals surface area contributed by atoms with E-state index >= 15 is 0 Å². The van der Waals surface area contributed by atoms with E-state index in [-0.39, 0.29) is 19.3 Å². The van der Waals surface area contributed by atoms with Gasteiger partial charge in [-0.3, -0.25) is 24.0 Å². The summed E-state index contributed by atoms with van der Waals surface area (Å²) in [6.45, 7) is 1.26. The van der Waals surface area contributed by atoms with E-state index in [0.717, 1.165) is 11.1 Å². The van der Waals surface area contributed by atoms with Crippen LogP contribution in [0.15, 0.2) is 60.7 Å². The topological polar surface area (TPSA) is 168 Å². The lowest BCUT2D eigenvalue weighted by molar-refractivity contribution is -0.138. The summed E-state index contributed by atoms with van der Waals surface area (Å²) >= 11 is 0. The van der Waals surface area contributed by atoms with Gasteiger partial charge in [-0.1, -0.05) is 60.7 Å². The van der Waals surface area contributed by atoms with E-state index in [2.05, 4.69) is 16.0 Å². The second-order valence-corrected chi connectivity index (χ2v) is 8.09. The molecule has 186 valence electrons. The van der Waals surface area contributed by atoms with E-state index < -0.39 is 54.1 Å². The van der Waals surface area contributed by atoms with E-state index in [9.17, 15) is 24.0 Å². The van der Waals surface area contributed by atoms with Gasteiger partial charge in [0.2, 0.25) is 23.6 Å². The molecule has 6 N–H and O–H groups in total. The number of carbonyl (C=O) groups excluding carboxylic acids is 4. The van der Waals surface area contributed by atoms with Crippen LogP contribution in [0.5, 0.6) is 0 Å². The molecule has 0 saturated heterocycles. The van der Waals surface area contributed by atoms with Crippen molar-refractivity contribution < 1.29 is 29.1 Å². The second-order valence-electron chi connectivity index (χ2n) is 8.09. The predicted molar refractivity (Wildman–Crippen MR) is 128 cm³/mol. The highest BCUT2D eigenvalue weighted by Gasteiger charge is 2.29. The zero-order valence-electron chi connectivity index (χ0n) is 19.4. The van der Waals surface area contributed by atoms with Crippen molar-refractivity contribution in [1.29, 1.82) is 0 Å². The number of carbonyl (C=O) groups is 5. The Balaban J connectivity index is 2.17. The molecule has 0 aliphatic heterocycles. The van der Waals surface area contributed by atoms with Crippen LogP contribution < -0.4 is 21.7 Å². The Labute approximate surface area is 203 Å². The van der Waals surface area contributed by atoms with Crippen LogP contribution in [0, 0.1) is 0 Å². The van der Waals surface area contributed by atoms with Crippen molar-refractivity contribution in [3.8, 4) is 0 Å². The largest absolute Gasteiger partial charge is 0.481 e. The predicted octanol–water partition coefficient (Wildman–Crippen LogP) is 0.296. The van der Waals surface area contributed by atoms with Gasteiger partial charge >= 0.3 is 5.97 Å². The molecule has 2 aromatic rings. The Morgan fingerprint density at radius 2 is 1.20 bits per heavy atom. The van der Waals surface area contributed by atoms with Gasteiger partial charge in [-0.15, -0.1) is 0 Å². The number of nitrogens with one attached hydrogen (secondary N) is 3. The molecule has 10 nitrogen and oxygen atoms in total. The van der Waals surface area contributed by atoms with Crippen LogP contribution in [0.25, 0.3) is 0 Å². The lowest BCUT2D eigenvalue weighted by Crippen LogP contribution is -2.57. The Kier molecular flexibility index (Phi) is 10.4. The molecule has 0 unspecified atom stereocenters. The maximum Gasteiger partial charge on any atom is 0.303 e. The summed E-state index contributed by atoms with van der Waals surface area (Å²) in [5.74, 6) is -3.78. The Bertz CT molecular complexity index is 1030. The monoisotopic (exact) mass is 482 g/mol. The smallest absolute Gasteiger partial charge is 0.303 e. The van der Waals surface area contributed by atoms with E-state index in [4.69, 9.17) is 10.8 Å². The first-order valence-electron chi connectivity index (χ1n) is 11.1. The minimum absolute atomic E-state index is 0.129. The Morgan fingerprint density at radius 3 is 1.66 bits per heavy atom. The van der Waals surface area contributed by atoms with Crippen molar-refractivity contribution in [2.24, 2.45) is 5.73 Å². The summed E-state index contributed by atoms with van der Waals surface area (Å²) in [7, 11) is 0. The van der Waals surface area contributed by atoms with Gasteiger partial charge in [0.25, 0.3) is 0 Å². The van der Waals surface area contributed by atoms with Gasteiger partial charge in [0.15, 0.2) is 0 Å². The van der Waals surface area contributed by atoms with E-state index in [0.29, 0.717) is 0 Å². The fourth-order valence-corrected chi connectivity index (χ4v) is 3.46. The molecule has 0 radical (unpaired) electrons. The van der Waals surface area contributed by atoms with Crippen molar-refractivity contribution in [2.75, 3.05) is 0 Å². The molecule has 0 spiro atoms. The van der Waals surface area contributed by atoms with Gasteiger partial charge in [0.05, 0.1) is 0 Å². The highest BCUT2D eigenvalue weighted by Crippen LogP contribution is 2.07. The molecule has 0 saturated carbocycles. The second kappa shape index (κ2) is 13.5. The first-order chi connectivity index (χ1) is 16.7. The Morgan fingerprint density at radius 1 is 0.743 bits per heavy atom. The first-order valence-corrected chi connectivity index (χ1v) is 11.1. The molecule has 2 aromatic carbocycles. The lowest BCUT2D eigenvalue weighted by atomic mass is 10.0. The summed E-state index contributed by atoms with van der Waals surface area (Å²) in [5.41, 5.74) is 7.01. The summed E-state index contributed by atoms with van der Waals surface area (Å²) < 4.78 is 0. The van der Waals surface area contributed by atoms with E-state index in [1.807, 2.05) is 6.07 Å². The van der Waals surface area contributed by atoms with Crippen LogP contribution in [-0.4, -0.2) is 52.8 Å². The van der Waals surface area contributed by atoms with E-state index in [1.165, 1.54) is 6.92 Å². The van der Waals surface area contributed by atoms with Crippen molar-refractivity contribution in [1.82, 2.24) is 16.0 Å². The number of nitrogens with two attached hydrogens (primary N) is 1. The van der Waals surface area contributed by atoms with Crippen LogP contribution in [0.2, 0.25) is 0 Å². The maximum absolute atomic E-state index is 13.0. The fourth-order valence-electron chi connectivity index (χ4n) is 3.46. The van der Waals surface area contributed by atoms with Gasteiger partial charge < -0.3 is 26.8 Å². The molecule has 0 heterocycles. The first kappa shape index (κ1) is 27.0. The molecular weight excluding hydrogens is 452 g/mol. The lowest BCUT2D eigenvalue weighted by Gasteiger charge is -2.24. The number of aliphatic carboxylic acids is 1. The van der Waals surface area contributed by atoms with Crippen molar-refractivity contribution in [2.45, 2.75) is 50.7 Å². The molecular formula is C25H30N4O6. The number of amides is 4. The maximum atomic E-state index is 13.0. The standard InChI is InChI=1S/C25H30N4O6/c1-16(30)27-21(15-18-10-6-3-7-11-18)25(35)28-19(12-13-22(31)32)24(34)29-20(23(26)33)14-17-8-4-2-5-9-17/h2-11,19-21H,12-15H2,1H3,(H2,26,33)(H,27,30)(H,28,35)(H,29,34)(H,31,32)/t19-,20-,21-/m0/s1. The third-order valence-corrected chi connectivity index (χ3v) is 5.20. The van der Waals surface area contributed by atoms with Gasteiger partial charge in [0, 0.05) is 26.2 Å². The highest BCUT2D eigenvalue weighted by atomic mass is 16.4. The number of hydrogen-bond donors (Lipinski definition) is 5. The number of carboxylic acid groups (broad SMARTS) is 1. The Hall–Kier alpha value is -4.21. The van der Waals surface area contributed by atoms with Crippen molar-refractivity contribution in [3.05, 3.63) is 71.8 Å². The normalized spacial score (nSPS) is 13.1. The minimum Gasteiger partial charge on any atom is -0.481 e. The van der Waals surface area contributed by atoms with Crippen LogP contribution in [0.1, 0.15) is 30.9 Å². The zero-order chi connectivity index (χ0) is 25.8. The van der Waals surface area contributed by atoms with Gasteiger partial charge in [-0.25, -0.2) is 0 Å². The number of hydrogen-bond acceptors (Lipinski definition) is 5. The summed E-state index contributed by atoms with van der Waals surface area (Å²) in [5, 5.41) is 16.7. The van der Waals surface area contributed by atoms with Gasteiger partial charge in [0.1, 0.15) is 18.1 Å². The molecule has 2 rings (SSSR count). The number of carboxylic acids is 1. The average Bonchev–Trinajstić information content (AvgIpc) is 2.81. The average molecular weight is 483 g/mol. The van der Waals surface area contributed by atoms with Crippen LogP contribution in [0.3, 0.4) is 0 Å². The van der Waals surface area contributed by atoms with Crippen LogP contribution in [0.4, 0.5) is 0 Å². The quantitative estimate of drug-likeness (QED) is 0.275. The fraction of sp³-hybridized carbons (Fsp3) is 0.320. The molecule has 0 aromatic heterocycles.